The summed E-state index contributed by atoms with van der Waals surface area (Å²) in [7, 11) is -4.03. The Balaban J connectivity index is 1.50. The molecular formula is C27H30ClN3O4S2. The van der Waals surface area contributed by atoms with Gasteiger partial charge in [-0.25, -0.2) is 13.1 Å². The van der Waals surface area contributed by atoms with Gasteiger partial charge < -0.3 is 10.6 Å². The fraction of sp³-hybridized carbons (Fsp3) is 0.259. The predicted octanol–water partition coefficient (Wildman–Crippen LogP) is 3.97. The van der Waals surface area contributed by atoms with Crippen molar-refractivity contribution in [3.8, 4) is 11.1 Å². The molecule has 0 unspecified atom stereocenters. The molecule has 0 aliphatic carbocycles. The summed E-state index contributed by atoms with van der Waals surface area (Å²) in [5, 5.41) is 6.55. The summed E-state index contributed by atoms with van der Waals surface area (Å²) in [5.74, 6) is -0.724. The van der Waals surface area contributed by atoms with Gasteiger partial charge in [0.15, 0.2) is 0 Å². The summed E-state index contributed by atoms with van der Waals surface area (Å²) in [6, 6.07) is 21.7. The van der Waals surface area contributed by atoms with Crippen molar-refractivity contribution >= 4 is 46.1 Å². The van der Waals surface area contributed by atoms with E-state index in [1.165, 1.54) is 11.6 Å². The maximum absolute atomic E-state index is 12.6. The molecule has 3 N–H and O–H groups in total. The predicted molar refractivity (Wildman–Crippen MR) is 150 cm³/mol. The highest BCUT2D eigenvalue weighted by Crippen LogP contribution is 2.33. The van der Waals surface area contributed by atoms with Gasteiger partial charge in [0.05, 0.1) is 4.90 Å². The lowest BCUT2D eigenvalue weighted by molar-refractivity contribution is -0.121. The van der Waals surface area contributed by atoms with Gasteiger partial charge in [-0.3, -0.25) is 9.59 Å². The van der Waals surface area contributed by atoms with Crippen molar-refractivity contribution in [3.05, 3.63) is 88.9 Å². The number of amides is 2. The Kier molecular flexibility index (Phi) is 10.6. The average molecular weight is 560 g/mol. The van der Waals surface area contributed by atoms with Crippen LogP contribution < -0.4 is 15.4 Å². The van der Waals surface area contributed by atoms with Crippen LogP contribution in [0.2, 0.25) is 5.02 Å². The molecule has 0 aliphatic heterocycles. The molecule has 0 radical (unpaired) electrons. The molecule has 37 heavy (non-hydrogen) atoms. The van der Waals surface area contributed by atoms with Crippen molar-refractivity contribution in [2.75, 3.05) is 13.1 Å². The third kappa shape index (κ3) is 8.89. The first kappa shape index (κ1) is 28.7. The minimum absolute atomic E-state index is 0.0313. The van der Waals surface area contributed by atoms with E-state index < -0.39 is 15.9 Å². The summed E-state index contributed by atoms with van der Waals surface area (Å²) >= 11 is 11.1. The maximum atomic E-state index is 12.6. The SMILES string of the molecule is CC(=O)NS(=O)(=O)c1ccccc1-c1ccc(CNCCC(=O)NC[C@H](S)Cc2ccccc2)cc1Cl. The second-order valence-corrected chi connectivity index (χ2v) is 11.3. The van der Waals surface area contributed by atoms with Gasteiger partial charge in [-0.15, -0.1) is 0 Å². The third-order valence-electron chi connectivity index (χ3n) is 5.49. The van der Waals surface area contributed by atoms with Crippen molar-refractivity contribution in [2.45, 2.75) is 36.5 Å². The molecule has 10 heteroatoms. The first-order valence-corrected chi connectivity index (χ1v) is 14.1. The van der Waals surface area contributed by atoms with Crippen LogP contribution >= 0.6 is 24.2 Å². The summed E-state index contributed by atoms with van der Waals surface area (Å²) < 4.78 is 27.2. The van der Waals surface area contributed by atoms with Gasteiger partial charge >= 0.3 is 0 Å². The van der Waals surface area contributed by atoms with E-state index in [2.05, 4.69) is 23.3 Å². The second-order valence-electron chi connectivity index (χ2n) is 8.55. The Morgan fingerprint density at radius 3 is 2.35 bits per heavy atom. The fourth-order valence-corrected chi connectivity index (χ4v) is 5.59. The van der Waals surface area contributed by atoms with Crippen LogP contribution in [0.5, 0.6) is 0 Å². The molecule has 0 aromatic heterocycles. The first-order valence-electron chi connectivity index (χ1n) is 11.8. The van der Waals surface area contributed by atoms with E-state index in [-0.39, 0.29) is 16.1 Å². The molecule has 3 aromatic rings. The normalized spacial score (nSPS) is 12.1. The van der Waals surface area contributed by atoms with E-state index >= 15 is 0 Å². The minimum atomic E-state index is -4.03. The van der Waals surface area contributed by atoms with Crippen molar-refractivity contribution in [1.82, 2.24) is 15.4 Å². The number of nitrogens with one attached hydrogen (secondary N) is 3. The minimum Gasteiger partial charge on any atom is -0.355 e. The highest BCUT2D eigenvalue weighted by atomic mass is 35.5. The molecule has 0 saturated heterocycles. The zero-order chi connectivity index (χ0) is 26.8. The van der Waals surface area contributed by atoms with E-state index in [1.54, 1.807) is 30.3 Å². The van der Waals surface area contributed by atoms with Crippen LogP contribution in [0.3, 0.4) is 0 Å². The lowest BCUT2D eigenvalue weighted by Gasteiger charge is -2.14. The highest BCUT2D eigenvalue weighted by molar-refractivity contribution is 7.90. The van der Waals surface area contributed by atoms with Gasteiger partial charge in [-0.1, -0.05) is 72.3 Å². The summed E-state index contributed by atoms with van der Waals surface area (Å²) in [6.45, 7) is 2.61. The van der Waals surface area contributed by atoms with Gasteiger partial charge in [0.25, 0.3) is 10.0 Å². The molecule has 196 valence electrons. The number of carbonyl (C=O) groups is 2. The van der Waals surface area contributed by atoms with Gasteiger partial charge in [-0.05, 0) is 29.7 Å². The Hall–Kier alpha value is -2.85. The molecule has 0 aliphatic rings. The first-order chi connectivity index (χ1) is 17.7. The van der Waals surface area contributed by atoms with Crippen LogP contribution in [-0.2, 0) is 32.6 Å². The van der Waals surface area contributed by atoms with Gasteiger partial charge in [0, 0.05) is 54.4 Å². The molecule has 1 atom stereocenters. The Morgan fingerprint density at radius 1 is 0.946 bits per heavy atom. The lowest BCUT2D eigenvalue weighted by atomic mass is 10.0. The molecule has 0 fully saturated rings. The number of sulfonamides is 1. The van der Waals surface area contributed by atoms with Crippen molar-refractivity contribution < 1.29 is 18.0 Å². The summed E-state index contributed by atoms with van der Waals surface area (Å²) in [6.07, 6.45) is 1.11. The van der Waals surface area contributed by atoms with E-state index in [0.717, 1.165) is 18.9 Å². The number of benzene rings is 3. The standard InChI is InChI=1S/C27H30ClN3O4S2/c1-19(32)31-37(34,35)26-10-6-5-9-24(26)23-12-11-21(16-25(23)28)17-29-14-13-27(33)30-18-22(36)15-20-7-3-2-4-8-20/h2-12,16,22,29,36H,13-15,17-18H2,1H3,(H,30,33)(H,31,32)/t22-/m1/s1. The number of thiol groups is 1. The Bertz CT molecular complexity index is 1330. The van der Waals surface area contributed by atoms with E-state index in [1.807, 2.05) is 41.1 Å². The molecule has 3 rings (SSSR count). The molecular weight excluding hydrogens is 530 g/mol. The number of carbonyl (C=O) groups excluding carboxylic acids is 2. The van der Waals surface area contributed by atoms with E-state index in [0.29, 0.717) is 42.2 Å². The molecule has 0 saturated carbocycles. The van der Waals surface area contributed by atoms with Gasteiger partial charge in [0.2, 0.25) is 11.8 Å². The molecule has 2 amide bonds. The number of rotatable bonds is 12. The van der Waals surface area contributed by atoms with Crippen LogP contribution in [0.1, 0.15) is 24.5 Å². The number of hydrogen-bond acceptors (Lipinski definition) is 6. The van der Waals surface area contributed by atoms with Crippen LogP contribution in [0.15, 0.2) is 77.7 Å². The van der Waals surface area contributed by atoms with Gasteiger partial charge in [-0.2, -0.15) is 12.6 Å². The summed E-state index contributed by atoms with van der Waals surface area (Å²) in [5.41, 5.74) is 2.99. The van der Waals surface area contributed by atoms with Crippen molar-refractivity contribution in [2.24, 2.45) is 0 Å². The Morgan fingerprint density at radius 2 is 1.65 bits per heavy atom. The van der Waals surface area contributed by atoms with Crippen LogP contribution in [0.4, 0.5) is 0 Å². The number of halogens is 1. The monoisotopic (exact) mass is 559 g/mol. The average Bonchev–Trinajstić information content (AvgIpc) is 2.85. The topological polar surface area (TPSA) is 104 Å². The number of hydrogen-bond donors (Lipinski definition) is 4. The zero-order valence-electron chi connectivity index (χ0n) is 20.4. The van der Waals surface area contributed by atoms with Crippen LogP contribution in [0.25, 0.3) is 11.1 Å². The lowest BCUT2D eigenvalue weighted by Crippen LogP contribution is -2.32. The third-order valence-corrected chi connectivity index (χ3v) is 7.65. The van der Waals surface area contributed by atoms with Crippen LogP contribution in [0, 0.1) is 0 Å². The molecule has 0 bridgehead atoms. The zero-order valence-corrected chi connectivity index (χ0v) is 22.9. The Labute approximate surface area is 228 Å². The molecule has 0 heterocycles. The van der Waals surface area contributed by atoms with Crippen molar-refractivity contribution in [3.63, 3.8) is 0 Å². The smallest absolute Gasteiger partial charge is 0.264 e. The van der Waals surface area contributed by atoms with E-state index in [9.17, 15) is 18.0 Å². The van der Waals surface area contributed by atoms with Crippen molar-refractivity contribution in [1.29, 1.82) is 0 Å². The maximum Gasteiger partial charge on any atom is 0.264 e. The molecule has 0 spiro atoms. The van der Waals surface area contributed by atoms with E-state index in [4.69, 9.17) is 11.6 Å². The fourth-order valence-electron chi connectivity index (χ4n) is 3.77. The van der Waals surface area contributed by atoms with Gasteiger partial charge in [0.1, 0.15) is 0 Å². The molecule has 3 aromatic carbocycles. The second kappa shape index (κ2) is 13.6. The van der Waals surface area contributed by atoms with Crippen LogP contribution in [-0.4, -0.2) is 38.6 Å². The largest absolute Gasteiger partial charge is 0.355 e. The molecule has 7 nitrogen and oxygen atoms in total. The highest BCUT2D eigenvalue weighted by Gasteiger charge is 2.21. The summed E-state index contributed by atoms with van der Waals surface area (Å²) in [4.78, 5) is 23.5. The quantitative estimate of drug-likeness (QED) is 0.199.